The third-order valence-corrected chi connectivity index (χ3v) is 6.84. The van der Waals surface area contributed by atoms with Crippen LogP contribution in [-0.4, -0.2) is 36.7 Å². The number of carbonyl (C=O) groups excluding carboxylic acids is 2. The monoisotopic (exact) mass is 461 g/mol. The third-order valence-electron chi connectivity index (χ3n) is 6.84. The number of hydrogen-bond acceptors (Lipinski definition) is 5. The minimum atomic E-state index is -0.633. The third kappa shape index (κ3) is 5.42. The molecule has 1 fully saturated rings. The Balaban J connectivity index is 1.52. The topological polar surface area (TPSA) is 73.9 Å². The van der Waals surface area contributed by atoms with Gasteiger partial charge in [-0.15, -0.1) is 0 Å². The van der Waals surface area contributed by atoms with Gasteiger partial charge in [-0.1, -0.05) is 48.5 Å². The molecule has 1 N–H and O–H groups in total. The number of fused-ring (bicyclic) bond motifs is 1. The molecule has 4 rings (SSSR count). The highest BCUT2D eigenvalue weighted by molar-refractivity contribution is 6.56. The lowest BCUT2D eigenvalue weighted by molar-refractivity contribution is 0.00578. The lowest BCUT2D eigenvalue weighted by Crippen LogP contribution is -2.41. The van der Waals surface area contributed by atoms with E-state index in [1.165, 1.54) is 0 Å². The predicted octanol–water partition coefficient (Wildman–Crippen LogP) is 5.15. The average molecular weight is 461 g/mol. The number of Topliss-reactive ketones (excluding diaryl/α,β-unsaturated/α-hetero) is 1. The van der Waals surface area contributed by atoms with Gasteiger partial charge in [0, 0.05) is 18.5 Å². The van der Waals surface area contributed by atoms with Crippen LogP contribution in [0.25, 0.3) is 6.08 Å². The fourth-order valence-electron chi connectivity index (χ4n) is 4.09. The first-order chi connectivity index (χ1) is 16.1. The molecule has 2 aliphatic rings. The maximum absolute atomic E-state index is 12.4. The van der Waals surface area contributed by atoms with E-state index in [4.69, 9.17) is 14.0 Å². The standard InChI is InChI=1S/C27H32BNO5/c1-26(2)27(3,4)34-28(33-26)22(17-29-25(31)32-18-19-9-6-5-7-10-19)15-20-13-14-21-11-8-12-24(30)23(21)16-20/h5-7,9-10,13-16H,8,11-12,17-18H2,1-4H3,(H,29,31). The summed E-state index contributed by atoms with van der Waals surface area (Å²) in [6.45, 7) is 8.34. The smallest absolute Gasteiger partial charge is 0.445 e. The number of benzene rings is 2. The lowest BCUT2D eigenvalue weighted by Gasteiger charge is -2.32. The summed E-state index contributed by atoms with van der Waals surface area (Å²) in [5.41, 5.74) is 3.37. The van der Waals surface area contributed by atoms with Crippen LogP contribution in [0.5, 0.6) is 0 Å². The van der Waals surface area contributed by atoms with Gasteiger partial charge in [0.1, 0.15) is 6.61 Å². The Hall–Kier alpha value is -2.90. The summed E-state index contributed by atoms with van der Waals surface area (Å²) in [7, 11) is -0.633. The van der Waals surface area contributed by atoms with E-state index >= 15 is 0 Å². The number of aryl methyl sites for hydroxylation is 1. The summed E-state index contributed by atoms with van der Waals surface area (Å²) in [6.07, 6.45) is 3.81. The normalized spacial score (nSPS) is 19.0. The fourth-order valence-corrected chi connectivity index (χ4v) is 4.09. The van der Waals surface area contributed by atoms with E-state index < -0.39 is 24.4 Å². The largest absolute Gasteiger partial charge is 0.492 e. The molecule has 0 saturated carbocycles. The first-order valence-electron chi connectivity index (χ1n) is 11.8. The van der Waals surface area contributed by atoms with Crippen LogP contribution >= 0.6 is 0 Å². The van der Waals surface area contributed by atoms with Gasteiger partial charge in [-0.25, -0.2) is 4.79 Å². The molecule has 1 heterocycles. The Kier molecular flexibility index (Phi) is 6.96. The van der Waals surface area contributed by atoms with Crippen molar-refractivity contribution in [3.8, 4) is 0 Å². The van der Waals surface area contributed by atoms with Crippen molar-refractivity contribution in [3.63, 3.8) is 0 Å². The zero-order valence-electron chi connectivity index (χ0n) is 20.4. The van der Waals surface area contributed by atoms with Gasteiger partial charge in [-0.05, 0) is 68.8 Å². The quantitative estimate of drug-likeness (QED) is 0.603. The van der Waals surface area contributed by atoms with Gasteiger partial charge in [0.15, 0.2) is 5.78 Å². The van der Waals surface area contributed by atoms with Crippen LogP contribution in [0.1, 0.15) is 67.6 Å². The summed E-state index contributed by atoms with van der Waals surface area (Å²) in [6, 6.07) is 15.5. The molecule has 0 aromatic heterocycles. The van der Waals surface area contributed by atoms with Gasteiger partial charge < -0.3 is 19.4 Å². The highest BCUT2D eigenvalue weighted by Crippen LogP contribution is 2.39. The molecular formula is C27H32BNO5. The van der Waals surface area contributed by atoms with E-state index in [1.807, 2.05) is 82.3 Å². The Morgan fingerprint density at radius 3 is 2.47 bits per heavy atom. The van der Waals surface area contributed by atoms with Gasteiger partial charge >= 0.3 is 13.2 Å². The summed E-state index contributed by atoms with van der Waals surface area (Å²) >= 11 is 0. The first-order valence-corrected chi connectivity index (χ1v) is 11.8. The number of carbonyl (C=O) groups is 2. The molecule has 6 nitrogen and oxygen atoms in total. The molecule has 1 saturated heterocycles. The molecule has 0 atom stereocenters. The van der Waals surface area contributed by atoms with Crippen LogP contribution < -0.4 is 5.32 Å². The van der Waals surface area contributed by atoms with Gasteiger partial charge in [0.05, 0.1) is 11.2 Å². The number of hydrogen-bond donors (Lipinski definition) is 1. The number of ether oxygens (including phenoxy) is 1. The molecular weight excluding hydrogens is 429 g/mol. The van der Waals surface area contributed by atoms with Gasteiger partial charge in [0.25, 0.3) is 0 Å². The van der Waals surface area contributed by atoms with E-state index in [2.05, 4.69) is 5.32 Å². The van der Waals surface area contributed by atoms with Gasteiger partial charge in [-0.2, -0.15) is 0 Å². The number of rotatable bonds is 6. The summed E-state index contributed by atoms with van der Waals surface area (Å²) < 4.78 is 17.8. The molecule has 34 heavy (non-hydrogen) atoms. The van der Waals surface area contributed by atoms with Gasteiger partial charge in [0.2, 0.25) is 0 Å². The zero-order valence-corrected chi connectivity index (χ0v) is 20.4. The van der Waals surface area contributed by atoms with E-state index in [0.29, 0.717) is 6.42 Å². The van der Waals surface area contributed by atoms with Crippen molar-refractivity contribution >= 4 is 25.1 Å². The van der Waals surface area contributed by atoms with Crippen LogP contribution in [0.4, 0.5) is 4.79 Å². The highest BCUT2D eigenvalue weighted by Gasteiger charge is 2.52. The molecule has 178 valence electrons. The van der Waals surface area contributed by atoms with Crippen molar-refractivity contribution in [1.82, 2.24) is 5.32 Å². The number of alkyl carbamates (subject to hydrolysis) is 1. The van der Waals surface area contributed by atoms with E-state index in [0.717, 1.165) is 40.6 Å². The molecule has 1 amide bonds. The molecule has 0 radical (unpaired) electrons. The number of amides is 1. The second-order valence-corrected chi connectivity index (χ2v) is 9.92. The average Bonchev–Trinajstić information content (AvgIpc) is 3.03. The van der Waals surface area contributed by atoms with Crippen molar-refractivity contribution in [2.24, 2.45) is 0 Å². The van der Waals surface area contributed by atoms with Crippen molar-refractivity contribution in [2.45, 2.75) is 64.8 Å². The molecule has 0 unspecified atom stereocenters. The number of ketones is 1. The number of nitrogens with one attached hydrogen (secondary N) is 1. The maximum atomic E-state index is 12.4. The van der Waals surface area contributed by atoms with Crippen molar-refractivity contribution in [3.05, 3.63) is 76.3 Å². The molecule has 0 bridgehead atoms. The predicted molar refractivity (Wildman–Crippen MR) is 132 cm³/mol. The SMILES string of the molecule is CC1(C)OB(C(=Cc2ccc3c(c2)C(=O)CCC3)CNC(=O)OCc2ccccc2)OC1(C)C. The highest BCUT2D eigenvalue weighted by atomic mass is 16.7. The van der Waals surface area contributed by atoms with Crippen LogP contribution in [0.15, 0.2) is 54.0 Å². The van der Waals surface area contributed by atoms with Crippen molar-refractivity contribution < 1.29 is 23.6 Å². The molecule has 7 heteroatoms. The Bertz CT molecular complexity index is 1080. The second-order valence-electron chi connectivity index (χ2n) is 9.92. The summed E-state index contributed by atoms with van der Waals surface area (Å²) in [4.78, 5) is 24.8. The molecule has 1 aliphatic heterocycles. The van der Waals surface area contributed by atoms with E-state index in [-0.39, 0.29) is 18.9 Å². The fraction of sp³-hybridized carbons (Fsp3) is 0.407. The minimum Gasteiger partial charge on any atom is -0.445 e. The summed E-state index contributed by atoms with van der Waals surface area (Å²) in [5.74, 6) is 0.177. The zero-order chi connectivity index (χ0) is 24.3. The maximum Gasteiger partial charge on any atom is 0.492 e. The molecule has 2 aromatic carbocycles. The Labute approximate surface area is 201 Å². The summed E-state index contributed by atoms with van der Waals surface area (Å²) in [5, 5.41) is 2.82. The Morgan fingerprint density at radius 1 is 1.06 bits per heavy atom. The van der Waals surface area contributed by atoms with Crippen molar-refractivity contribution in [1.29, 1.82) is 0 Å². The van der Waals surface area contributed by atoms with E-state index in [1.54, 1.807) is 0 Å². The van der Waals surface area contributed by atoms with Crippen LogP contribution in [0, 0.1) is 0 Å². The molecule has 2 aromatic rings. The lowest BCUT2D eigenvalue weighted by atomic mass is 9.76. The van der Waals surface area contributed by atoms with Crippen molar-refractivity contribution in [2.75, 3.05) is 6.54 Å². The van der Waals surface area contributed by atoms with Crippen LogP contribution in [0.3, 0.4) is 0 Å². The van der Waals surface area contributed by atoms with Gasteiger partial charge in [-0.3, -0.25) is 4.79 Å². The molecule has 1 aliphatic carbocycles. The minimum absolute atomic E-state index is 0.177. The second kappa shape index (κ2) is 9.76. The van der Waals surface area contributed by atoms with E-state index in [9.17, 15) is 9.59 Å². The van der Waals surface area contributed by atoms with Crippen LogP contribution in [0.2, 0.25) is 0 Å². The first kappa shape index (κ1) is 24.2. The Morgan fingerprint density at radius 2 is 1.76 bits per heavy atom. The van der Waals surface area contributed by atoms with Crippen LogP contribution in [-0.2, 0) is 27.1 Å². The molecule has 0 spiro atoms.